The van der Waals surface area contributed by atoms with Crippen LogP contribution in [0.1, 0.15) is 32.6 Å². The summed E-state index contributed by atoms with van der Waals surface area (Å²) in [4.78, 5) is 0. The molecule has 2 nitrogen and oxygen atoms in total. The zero-order valence-electron chi connectivity index (χ0n) is 9.71. The Morgan fingerprint density at radius 1 is 1.33 bits per heavy atom. The highest BCUT2D eigenvalue weighted by Gasteiger charge is 2.27. The largest absolute Gasteiger partial charge is 0.381 e. The van der Waals surface area contributed by atoms with Crippen molar-refractivity contribution in [3.63, 3.8) is 0 Å². The van der Waals surface area contributed by atoms with Gasteiger partial charge in [0.05, 0.1) is 6.61 Å². The molecule has 0 amide bonds. The topological polar surface area (TPSA) is 21.3 Å². The highest BCUT2D eigenvalue weighted by molar-refractivity contribution is 7.99. The summed E-state index contributed by atoms with van der Waals surface area (Å²) >= 11 is 2.14. The third kappa shape index (κ3) is 3.36. The van der Waals surface area contributed by atoms with Crippen LogP contribution in [0.4, 0.5) is 0 Å². The Balaban J connectivity index is 1.68. The Morgan fingerprint density at radius 3 is 3.00 bits per heavy atom. The van der Waals surface area contributed by atoms with Gasteiger partial charge < -0.3 is 10.1 Å². The summed E-state index contributed by atoms with van der Waals surface area (Å²) in [5, 5.41) is 4.63. The van der Waals surface area contributed by atoms with E-state index in [4.69, 9.17) is 4.74 Å². The monoisotopic (exact) mass is 229 g/mol. The molecule has 1 aliphatic heterocycles. The van der Waals surface area contributed by atoms with Crippen molar-refractivity contribution >= 4 is 11.8 Å². The van der Waals surface area contributed by atoms with Crippen LogP contribution in [-0.4, -0.2) is 36.8 Å². The minimum absolute atomic E-state index is 0.774. The molecule has 2 rings (SSSR count). The van der Waals surface area contributed by atoms with E-state index >= 15 is 0 Å². The third-order valence-corrected chi connectivity index (χ3v) is 4.85. The zero-order chi connectivity index (χ0) is 10.5. The fourth-order valence-electron chi connectivity index (χ4n) is 2.64. The van der Waals surface area contributed by atoms with Gasteiger partial charge in [-0.3, -0.25) is 0 Å². The maximum Gasteiger partial charge on any atom is 0.0507 e. The molecule has 0 radical (unpaired) electrons. The van der Waals surface area contributed by atoms with Gasteiger partial charge in [0.15, 0.2) is 0 Å². The van der Waals surface area contributed by atoms with Crippen LogP contribution in [0.25, 0.3) is 0 Å². The molecule has 3 heteroatoms. The van der Waals surface area contributed by atoms with Crippen molar-refractivity contribution in [2.24, 2.45) is 5.92 Å². The van der Waals surface area contributed by atoms with E-state index in [1.165, 1.54) is 38.0 Å². The highest BCUT2D eigenvalue weighted by atomic mass is 32.2. The fraction of sp³-hybridized carbons (Fsp3) is 1.00. The highest BCUT2D eigenvalue weighted by Crippen LogP contribution is 2.30. The molecule has 1 N–H and O–H groups in total. The number of hydrogen-bond acceptors (Lipinski definition) is 3. The van der Waals surface area contributed by atoms with Gasteiger partial charge in [-0.05, 0) is 30.9 Å². The lowest BCUT2D eigenvalue weighted by Gasteiger charge is -2.21. The number of ether oxygens (including phenoxy) is 1. The standard InChI is InChI=1S/C12H23NOS/c1-2-15-12-5-3-4-11(12)13-8-10-6-7-14-9-10/h10-13H,2-9H2,1H3/t10-,11-,12+/m0/s1. The molecule has 0 unspecified atom stereocenters. The maximum absolute atomic E-state index is 5.40. The van der Waals surface area contributed by atoms with Gasteiger partial charge in [-0.15, -0.1) is 0 Å². The zero-order valence-corrected chi connectivity index (χ0v) is 10.5. The van der Waals surface area contributed by atoms with Crippen LogP contribution in [0.15, 0.2) is 0 Å². The summed E-state index contributed by atoms with van der Waals surface area (Å²) in [6.45, 7) is 5.39. The second-order valence-corrected chi connectivity index (χ2v) is 6.19. The molecular weight excluding hydrogens is 206 g/mol. The Bertz CT molecular complexity index is 182. The van der Waals surface area contributed by atoms with E-state index in [2.05, 4.69) is 24.0 Å². The van der Waals surface area contributed by atoms with E-state index in [0.717, 1.165) is 30.4 Å². The van der Waals surface area contributed by atoms with Crippen LogP contribution in [0.5, 0.6) is 0 Å². The van der Waals surface area contributed by atoms with Gasteiger partial charge in [-0.1, -0.05) is 13.3 Å². The van der Waals surface area contributed by atoms with Gasteiger partial charge in [-0.25, -0.2) is 0 Å². The molecule has 0 bridgehead atoms. The van der Waals surface area contributed by atoms with Gasteiger partial charge in [-0.2, -0.15) is 11.8 Å². The summed E-state index contributed by atoms with van der Waals surface area (Å²) in [5.41, 5.74) is 0. The maximum atomic E-state index is 5.40. The summed E-state index contributed by atoms with van der Waals surface area (Å²) in [7, 11) is 0. The Kier molecular flexibility index (Phi) is 4.79. The molecule has 1 heterocycles. The van der Waals surface area contributed by atoms with E-state index in [9.17, 15) is 0 Å². The minimum atomic E-state index is 0.774. The minimum Gasteiger partial charge on any atom is -0.381 e. The normalized spacial score (nSPS) is 36.2. The molecule has 0 spiro atoms. The first-order chi connectivity index (χ1) is 7.40. The summed E-state index contributed by atoms with van der Waals surface area (Å²) in [6.07, 6.45) is 5.46. The Labute approximate surface area is 97.5 Å². The predicted octanol–water partition coefficient (Wildman–Crippen LogP) is 2.29. The lowest BCUT2D eigenvalue weighted by atomic mass is 10.1. The van der Waals surface area contributed by atoms with Crippen LogP contribution in [0.3, 0.4) is 0 Å². The smallest absolute Gasteiger partial charge is 0.0507 e. The van der Waals surface area contributed by atoms with Crippen LogP contribution >= 0.6 is 11.8 Å². The molecule has 2 fully saturated rings. The molecule has 15 heavy (non-hydrogen) atoms. The number of nitrogens with one attached hydrogen (secondary N) is 1. The lowest BCUT2D eigenvalue weighted by molar-refractivity contribution is 0.184. The SMILES string of the molecule is CCS[C@@H]1CCC[C@@H]1NC[C@@H]1CCOC1. The van der Waals surface area contributed by atoms with Crippen molar-refractivity contribution in [2.45, 2.75) is 43.9 Å². The Morgan fingerprint density at radius 2 is 2.27 bits per heavy atom. The van der Waals surface area contributed by atoms with E-state index < -0.39 is 0 Å². The Hall–Kier alpha value is 0.270. The van der Waals surface area contributed by atoms with Crippen molar-refractivity contribution in [3.8, 4) is 0 Å². The number of rotatable bonds is 5. The summed E-state index contributed by atoms with van der Waals surface area (Å²) in [5.74, 6) is 2.04. The van der Waals surface area contributed by atoms with Crippen molar-refractivity contribution in [2.75, 3.05) is 25.5 Å². The molecule has 2 aliphatic rings. The first-order valence-corrected chi connectivity index (χ1v) is 7.37. The summed E-state index contributed by atoms with van der Waals surface area (Å²) < 4.78 is 5.40. The van der Waals surface area contributed by atoms with Crippen LogP contribution in [-0.2, 0) is 4.74 Å². The summed E-state index contributed by atoms with van der Waals surface area (Å²) in [6, 6.07) is 0.774. The molecular formula is C12H23NOS. The van der Waals surface area contributed by atoms with Crippen molar-refractivity contribution < 1.29 is 4.74 Å². The van der Waals surface area contributed by atoms with E-state index in [-0.39, 0.29) is 0 Å². The molecule has 1 aliphatic carbocycles. The van der Waals surface area contributed by atoms with Gasteiger partial charge in [0.1, 0.15) is 0 Å². The van der Waals surface area contributed by atoms with Crippen LogP contribution < -0.4 is 5.32 Å². The molecule has 3 atom stereocenters. The molecule has 0 aromatic rings. The van der Waals surface area contributed by atoms with E-state index in [0.29, 0.717) is 0 Å². The van der Waals surface area contributed by atoms with E-state index in [1.54, 1.807) is 0 Å². The average molecular weight is 229 g/mol. The predicted molar refractivity (Wildman–Crippen MR) is 66.5 cm³/mol. The van der Waals surface area contributed by atoms with Crippen molar-refractivity contribution in [3.05, 3.63) is 0 Å². The van der Waals surface area contributed by atoms with Crippen molar-refractivity contribution in [1.29, 1.82) is 0 Å². The second kappa shape index (κ2) is 6.12. The first-order valence-electron chi connectivity index (χ1n) is 6.33. The lowest BCUT2D eigenvalue weighted by Crippen LogP contribution is -2.37. The molecule has 0 aromatic carbocycles. The second-order valence-electron chi connectivity index (χ2n) is 4.67. The van der Waals surface area contributed by atoms with Crippen molar-refractivity contribution in [1.82, 2.24) is 5.32 Å². The van der Waals surface area contributed by atoms with E-state index in [1.807, 2.05) is 0 Å². The first kappa shape index (κ1) is 11.7. The van der Waals surface area contributed by atoms with Gasteiger partial charge in [0.2, 0.25) is 0 Å². The quantitative estimate of drug-likeness (QED) is 0.781. The number of hydrogen-bond donors (Lipinski definition) is 1. The molecule has 1 saturated carbocycles. The molecule has 88 valence electrons. The fourth-order valence-corrected chi connectivity index (χ4v) is 3.86. The van der Waals surface area contributed by atoms with Gasteiger partial charge in [0, 0.05) is 24.4 Å². The average Bonchev–Trinajstić information content (AvgIpc) is 2.85. The van der Waals surface area contributed by atoms with Gasteiger partial charge in [0.25, 0.3) is 0 Å². The van der Waals surface area contributed by atoms with Crippen LogP contribution in [0, 0.1) is 5.92 Å². The molecule has 0 aromatic heterocycles. The van der Waals surface area contributed by atoms with Gasteiger partial charge >= 0.3 is 0 Å². The third-order valence-electron chi connectivity index (χ3n) is 3.53. The van der Waals surface area contributed by atoms with Crippen LogP contribution in [0.2, 0.25) is 0 Å². The number of thioether (sulfide) groups is 1. The molecule has 1 saturated heterocycles.